The zero-order valence-corrected chi connectivity index (χ0v) is 12.3. The number of hydrogen-bond acceptors (Lipinski definition) is 3. The first-order chi connectivity index (χ1) is 9.10. The van der Waals surface area contributed by atoms with Crippen molar-refractivity contribution in [2.45, 2.75) is 0 Å². The quantitative estimate of drug-likeness (QED) is 0.817. The fourth-order valence-electron chi connectivity index (χ4n) is 1.60. The highest BCUT2D eigenvalue weighted by molar-refractivity contribution is 14.1. The minimum atomic E-state index is -0.359. The van der Waals surface area contributed by atoms with Gasteiger partial charge in [0.2, 0.25) is 0 Å². The number of benzene rings is 2. The predicted octanol–water partition coefficient (Wildman–Crippen LogP) is 3.26. The summed E-state index contributed by atoms with van der Waals surface area (Å²) in [7, 11) is 1.50. The van der Waals surface area contributed by atoms with Crippen molar-refractivity contribution in [2.24, 2.45) is 0 Å². The van der Waals surface area contributed by atoms with Crippen molar-refractivity contribution >= 4 is 34.2 Å². The van der Waals surface area contributed by atoms with Gasteiger partial charge in [0.25, 0.3) is 5.91 Å². The van der Waals surface area contributed by atoms with E-state index in [2.05, 4.69) is 27.9 Å². The number of methoxy groups -OCH3 is 1. The average Bonchev–Trinajstić information content (AvgIpc) is 2.38. The molecule has 2 rings (SSSR count). The van der Waals surface area contributed by atoms with Crippen LogP contribution < -0.4 is 10.1 Å². The highest BCUT2D eigenvalue weighted by Gasteiger charge is 2.12. The van der Waals surface area contributed by atoms with Crippen molar-refractivity contribution in [3.05, 3.63) is 51.6 Å². The number of phenols is 1. The van der Waals surface area contributed by atoms with Gasteiger partial charge in [0, 0.05) is 15.3 Å². The highest BCUT2D eigenvalue weighted by atomic mass is 127. The van der Waals surface area contributed by atoms with Gasteiger partial charge < -0.3 is 15.2 Å². The molecular weight excluding hydrogens is 357 g/mol. The molecule has 4 nitrogen and oxygen atoms in total. The van der Waals surface area contributed by atoms with Crippen molar-refractivity contribution in [1.82, 2.24) is 0 Å². The van der Waals surface area contributed by atoms with Crippen molar-refractivity contribution in [3.63, 3.8) is 0 Å². The lowest BCUT2D eigenvalue weighted by Gasteiger charge is -2.08. The van der Waals surface area contributed by atoms with Crippen LogP contribution in [0.2, 0.25) is 0 Å². The van der Waals surface area contributed by atoms with E-state index in [4.69, 9.17) is 4.74 Å². The Labute approximate surface area is 124 Å². The Kier molecular flexibility index (Phi) is 4.26. The lowest BCUT2D eigenvalue weighted by atomic mass is 10.1. The largest absolute Gasteiger partial charge is 0.507 e. The molecule has 2 N–H and O–H groups in total. The fraction of sp³-hybridized carbons (Fsp3) is 0.0714. The third kappa shape index (κ3) is 3.37. The van der Waals surface area contributed by atoms with Crippen LogP contribution in [0.25, 0.3) is 0 Å². The molecule has 0 aliphatic rings. The molecule has 0 aliphatic carbocycles. The summed E-state index contributed by atoms with van der Waals surface area (Å²) in [5.74, 6) is 0.0351. The van der Waals surface area contributed by atoms with Crippen LogP contribution in [0.1, 0.15) is 10.4 Å². The lowest BCUT2D eigenvalue weighted by molar-refractivity contribution is 0.102. The molecule has 2 aromatic rings. The Balaban J connectivity index is 2.20. The van der Waals surface area contributed by atoms with Crippen molar-refractivity contribution in [3.8, 4) is 11.5 Å². The first-order valence-corrected chi connectivity index (χ1v) is 6.62. The monoisotopic (exact) mass is 369 g/mol. The zero-order valence-electron chi connectivity index (χ0n) is 10.2. The maximum atomic E-state index is 12.0. The topological polar surface area (TPSA) is 58.6 Å². The minimum absolute atomic E-state index is 0.109. The van der Waals surface area contributed by atoms with Crippen molar-refractivity contribution < 1.29 is 14.6 Å². The van der Waals surface area contributed by atoms with Crippen LogP contribution in [-0.2, 0) is 0 Å². The fourth-order valence-corrected chi connectivity index (χ4v) is 2.14. The molecule has 1 amide bonds. The molecule has 0 saturated carbocycles. The van der Waals surface area contributed by atoms with Gasteiger partial charge in [-0.2, -0.15) is 0 Å². The number of carbonyl (C=O) groups excluding carboxylic acids is 1. The molecule has 0 aliphatic heterocycles. The van der Waals surface area contributed by atoms with E-state index < -0.39 is 0 Å². The zero-order chi connectivity index (χ0) is 13.8. The standard InChI is InChI=1S/C14H12INO3/c1-19-11-5-6-12(13(17)8-11)14(18)16-10-4-2-3-9(15)7-10/h2-8,17H,1H3,(H,16,18). The van der Waals surface area contributed by atoms with E-state index in [1.54, 1.807) is 12.1 Å². The molecule has 0 aromatic heterocycles. The van der Waals surface area contributed by atoms with Crippen molar-refractivity contribution in [2.75, 3.05) is 12.4 Å². The summed E-state index contributed by atoms with van der Waals surface area (Å²) < 4.78 is 5.99. The number of amides is 1. The number of halogens is 1. The predicted molar refractivity (Wildman–Crippen MR) is 81.8 cm³/mol. The van der Waals surface area contributed by atoms with Gasteiger partial charge in [0.05, 0.1) is 12.7 Å². The van der Waals surface area contributed by atoms with E-state index in [0.29, 0.717) is 11.4 Å². The normalized spacial score (nSPS) is 10.0. The summed E-state index contributed by atoms with van der Waals surface area (Å²) in [5.41, 5.74) is 0.895. The van der Waals surface area contributed by atoms with Gasteiger partial charge in [-0.05, 0) is 52.9 Å². The Morgan fingerprint density at radius 1 is 1.26 bits per heavy atom. The highest BCUT2D eigenvalue weighted by Crippen LogP contribution is 2.24. The van der Waals surface area contributed by atoms with Crippen molar-refractivity contribution in [1.29, 1.82) is 0 Å². The van der Waals surface area contributed by atoms with Gasteiger partial charge in [0.15, 0.2) is 0 Å². The minimum Gasteiger partial charge on any atom is -0.507 e. The van der Waals surface area contributed by atoms with Crippen LogP contribution in [0, 0.1) is 3.57 Å². The number of ether oxygens (including phenoxy) is 1. The Morgan fingerprint density at radius 3 is 2.68 bits per heavy atom. The molecule has 0 fully saturated rings. The molecule has 0 atom stereocenters. The van der Waals surface area contributed by atoms with E-state index >= 15 is 0 Å². The number of carbonyl (C=O) groups is 1. The van der Waals surface area contributed by atoms with Gasteiger partial charge >= 0.3 is 0 Å². The summed E-state index contributed by atoms with van der Waals surface area (Å²) in [5, 5.41) is 12.5. The molecule has 0 saturated heterocycles. The van der Waals surface area contributed by atoms with Crippen LogP contribution in [0.15, 0.2) is 42.5 Å². The third-order valence-corrected chi connectivity index (χ3v) is 3.20. The molecule has 0 heterocycles. The SMILES string of the molecule is COc1ccc(C(=O)Nc2cccc(I)c2)c(O)c1. The number of anilines is 1. The first kappa shape index (κ1) is 13.7. The van der Waals surface area contributed by atoms with E-state index in [-0.39, 0.29) is 17.2 Å². The molecule has 0 radical (unpaired) electrons. The van der Waals surface area contributed by atoms with Gasteiger partial charge in [-0.1, -0.05) is 6.07 Å². The number of hydrogen-bond donors (Lipinski definition) is 2. The van der Waals surface area contributed by atoms with Crippen LogP contribution in [0.4, 0.5) is 5.69 Å². The number of aromatic hydroxyl groups is 1. The van der Waals surface area contributed by atoms with E-state index in [9.17, 15) is 9.90 Å². The molecule has 2 aromatic carbocycles. The first-order valence-electron chi connectivity index (χ1n) is 5.54. The number of phenolic OH excluding ortho intramolecular Hbond substituents is 1. The summed E-state index contributed by atoms with van der Waals surface area (Å²) in [6, 6.07) is 12.0. The molecule has 98 valence electrons. The molecule has 5 heteroatoms. The van der Waals surface area contributed by atoms with E-state index in [1.165, 1.54) is 19.2 Å². The van der Waals surface area contributed by atoms with Gasteiger partial charge in [-0.15, -0.1) is 0 Å². The Bertz CT molecular complexity index is 613. The molecule has 19 heavy (non-hydrogen) atoms. The maximum absolute atomic E-state index is 12.0. The smallest absolute Gasteiger partial charge is 0.259 e. The van der Waals surface area contributed by atoms with E-state index in [0.717, 1.165) is 3.57 Å². The third-order valence-electron chi connectivity index (χ3n) is 2.53. The summed E-state index contributed by atoms with van der Waals surface area (Å²) >= 11 is 2.17. The van der Waals surface area contributed by atoms with Crippen LogP contribution in [-0.4, -0.2) is 18.1 Å². The number of rotatable bonds is 3. The molecule has 0 unspecified atom stereocenters. The average molecular weight is 369 g/mol. The number of nitrogens with one attached hydrogen (secondary N) is 1. The van der Waals surface area contributed by atoms with Crippen LogP contribution in [0.3, 0.4) is 0 Å². The van der Waals surface area contributed by atoms with Crippen LogP contribution >= 0.6 is 22.6 Å². The summed E-state index contributed by atoms with van der Waals surface area (Å²) in [6.45, 7) is 0. The Hall–Kier alpha value is -1.76. The van der Waals surface area contributed by atoms with E-state index in [1.807, 2.05) is 18.2 Å². The van der Waals surface area contributed by atoms with Gasteiger partial charge in [0.1, 0.15) is 11.5 Å². The second kappa shape index (κ2) is 5.92. The maximum Gasteiger partial charge on any atom is 0.259 e. The summed E-state index contributed by atoms with van der Waals surface area (Å²) in [4.78, 5) is 12.0. The van der Waals surface area contributed by atoms with Gasteiger partial charge in [-0.25, -0.2) is 0 Å². The summed E-state index contributed by atoms with van der Waals surface area (Å²) in [6.07, 6.45) is 0. The Morgan fingerprint density at radius 2 is 2.05 bits per heavy atom. The molecule has 0 bridgehead atoms. The second-order valence-corrected chi connectivity index (χ2v) is 5.09. The lowest BCUT2D eigenvalue weighted by Crippen LogP contribution is -2.12. The van der Waals surface area contributed by atoms with Gasteiger partial charge in [-0.3, -0.25) is 4.79 Å². The second-order valence-electron chi connectivity index (χ2n) is 3.85. The molecule has 0 spiro atoms. The van der Waals surface area contributed by atoms with Crippen LogP contribution in [0.5, 0.6) is 11.5 Å². The molecular formula is C14H12INO3.